The predicted octanol–water partition coefficient (Wildman–Crippen LogP) is 2.48. The Hall–Kier alpha value is -1.89. The first kappa shape index (κ1) is 15.5. The van der Waals surface area contributed by atoms with E-state index in [9.17, 15) is 4.79 Å². The number of H-pyrrole nitrogens is 1. The summed E-state index contributed by atoms with van der Waals surface area (Å²) in [6.07, 6.45) is 3.45. The summed E-state index contributed by atoms with van der Waals surface area (Å²) in [5.74, 6) is 0.543. The Balaban J connectivity index is 2.06. The van der Waals surface area contributed by atoms with E-state index in [0.29, 0.717) is 17.9 Å². The van der Waals surface area contributed by atoms with Gasteiger partial charge >= 0.3 is 0 Å². The van der Waals surface area contributed by atoms with Crippen molar-refractivity contribution < 1.29 is 4.79 Å². The summed E-state index contributed by atoms with van der Waals surface area (Å²) in [4.78, 5) is 19.2. The van der Waals surface area contributed by atoms with E-state index in [0.717, 1.165) is 5.01 Å². The first-order valence-corrected chi connectivity index (χ1v) is 7.54. The zero-order valence-corrected chi connectivity index (χ0v) is 13.8. The fourth-order valence-electron chi connectivity index (χ4n) is 1.73. The van der Waals surface area contributed by atoms with Crippen molar-refractivity contribution in [2.45, 2.75) is 32.7 Å². The minimum absolute atomic E-state index is 0.0826. The van der Waals surface area contributed by atoms with Crippen molar-refractivity contribution >= 4 is 23.1 Å². The molecule has 2 heterocycles. The van der Waals surface area contributed by atoms with E-state index < -0.39 is 0 Å². The van der Waals surface area contributed by atoms with Crippen molar-refractivity contribution in [3.63, 3.8) is 0 Å². The second-order valence-corrected chi connectivity index (χ2v) is 7.20. The summed E-state index contributed by atoms with van der Waals surface area (Å²) in [5.41, 5.74) is 0.642. The Labute approximate surface area is 128 Å². The molecule has 0 aromatic carbocycles. The minimum Gasteiger partial charge on any atom is -0.363 e. The summed E-state index contributed by atoms with van der Waals surface area (Å²) in [6.45, 7) is 7.07. The summed E-state index contributed by atoms with van der Waals surface area (Å²) < 4.78 is 0. The summed E-state index contributed by atoms with van der Waals surface area (Å²) >= 11 is 1.68. The van der Waals surface area contributed by atoms with Gasteiger partial charge in [0.1, 0.15) is 16.4 Å². The SMILES string of the molecule is CN(C)C(=O)c1cn[nH]c1NCc1ncc(C(C)(C)C)s1. The molecule has 0 aliphatic heterocycles. The number of thiazole rings is 1. The van der Waals surface area contributed by atoms with Gasteiger partial charge in [-0.2, -0.15) is 5.10 Å². The monoisotopic (exact) mass is 307 g/mol. The Kier molecular flexibility index (Phi) is 4.32. The fourth-order valence-corrected chi connectivity index (χ4v) is 2.64. The number of rotatable bonds is 4. The van der Waals surface area contributed by atoms with Crippen LogP contribution < -0.4 is 5.32 Å². The largest absolute Gasteiger partial charge is 0.363 e. The van der Waals surface area contributed by atoms with Gasteiger partial charge in [-0.15, -0.1) is 11.3 Å². The number of anilines is 1. The molecule has 0 aliphatic carbocycles. The molecule has 0 unspecified atom stereocenters. The van der Waals surface area contributed by atoms with Crippen LogP contribution in [0.25, 0.3) is 0 Å². The highest BCUT2D eigenvalue weighted by molar-refractivity contribution is 7.11. The van der Waals surface area contributed by atoms with Gasteiger partial charge in [0.15, 0.2) is 0 Å². The molecule has 0 radical (unpaired) electrons. The van der Waals surface area contributed by atoms with Gasteiger partial charge in [-0.05, 0) is 5.41 Å². The third-order valence-electron chi connectivity index (χ3n) is 2.99. The average molecular weight is 307 g/mol. The molecule has 21 heavy (non-hydrogen) atoms. The van der Waals surface area contributed by atoms with Crippen LogP contribution in [-0.2, 0) is 12.0 Å². The molecular formula is C14H21N5OS. The lowest BCUT2D eigenvalue weighted by Crippen LogP contribution is -2.22. The van der Waals surface area contributed by atoms with Gasteiger partial charge in [-0.1, -0.05) is 20.8 Å². The lowest BCUT2D eigenvalue weighted by Gasteiger charge is -2.14. The molecule has 2 N–H and O–H groups in total. The highest BCUT2D eigenvalue weighted by Crippen LogP contribution is 2.28. The number of nitrogens with one attached hydrogen (secondary N) is 2. The zero-order valence-electron chi connectivity index (χ0n) is 13.0. The van der Waals surface area contributed by atoms with Gasteiger partial charge in [-0.25, -0.2) is 4.98 Å². The van der Waals surface area contributed by atoms with Gasteiger partial charge in [0, 0.05) is 25.2 Å². The van der Waals surface area contributed by atoms with E-state index in [2.05, 4.69) is 41.3 Å². The molecule has 1 amide bonds. The number of hydrogen-bond donors (Lipinski definition) is 2. The Morgan fingerprint density at radius 1 is 1.38 bits per heavy atom. The van der Waals surface area contributed by atoms with Crippen molar-refractivity contribution in [3.05, 3.63) is 27.8 Å². The van der Waals surface area contributed by atoms with E-state index in [-0.39, 0.29) is 11.3 Å². The zero-order chi connectivity index (χ0) is 15.6. The van der Waals surface area contributed by atoms with E-state index in [1.165, 1.54) is 16.0 Å². The quantitative estimate of drug-likeness (QED) is 0.910. The molecule has 0 saturated heterocycles. The molecular weight excluding hydrogens is 286 g/mol. The molecule has 6 nitrogen and oxygen atoms in total. The highest BCUT2D eigenvalue weighted by atomic mass is 32.1. The number of nitrogens with zero attached hydrogens (tertiary/aromatic N) is 3. The lowest BCUT2D eigenvalue weighted by molar-refractivity contribution is 0.0828. The van der Waals surface area contributed by atoms with Crippen molar-refractivity contribution in [1.29, 1.82) is 0 Å². The van der Waals surface area contributed by atoms with Crippen molar-refractivity contribution in [2.24, 2.45) is 0 Å². The number of hydrogen-bond acceptors (Lipinski definition) is 5. The van der Waals surface area contributed by atoms with Crippen LogP contribution in [0.3, 0.4) is 0 Å². The van der Waals surface area contributed by atoms with Crippen LogP contribution >= 0.6 is 11.3 Å². The third kappa shape index (κ3) is 3.60. The van der Waals surface area contributed by atoms with Crippen LogP contribution in [0.1, 0.15) is 41.0 Å². The molecule has 2 aromatic heterocycles. The van der Waals surface area contributed by atoms with Crippen molar-refractivity contribution in [1.82, 2.24) is 20.1 Å². The highest BCUT2D eigenvalue weighted by Gasteiger charge is 2.18. The van der Waals surface area contributed by atoms with E-state index >= 15 is 0 Å². The third-order valence-corrected chi connectivity index (χ3v) is 4.41. The van der Waals surface area contributed by atoms with Crippen LogP contribution in [0, 0.1) is 0 Å². The maximum absolute atomic E-state index is 12.0. The molecule has 2 aromatic rings. The van der Waals surface area contributed by atoms with E-state index in [1.807, 2.05) is 6.20 Å². The molecule has 7 heteroatoms. The Bertz CT molecular complexity index is 623. The average Bonchev–Trinajstić information content (AvgIpc) is 3.03. The van der Waals surface area contributed by atoms with Gasteiger partial charge in [0.2, 0.25) is 0 Å². The second kappa shape index (κ2) is 5.85. The molecule has 2 rings (SSSR count). The minimum atomic E-state index is -0.0826. The van der Waals surface area contributed by atoms with Gasteiger partial charge in [0.25, 0.3) is 5.91 Å². The van der Waals surface area contributed by atoms with Crippen molar-refractivity contribution in [3.8, 4) is 0 Å². The molecule has 0 spiro atoms. The number of aromatic nitrogens is 3. The van der Waals surface area contributed by atoms with E-state index in [1.54, 1.807) is 25.4 Å². The van der Waals surface area contributed by atoms with Crippen LogP contribution in [-0.4, -0.2) is 40.1 Å². The standard InChI is InChI=1S/C14H21N5OS/c1-14(2,3)10-7-15-11(21-10)8-16-12-9(6-17-18-12)13(20)19(4)5/h6-7H,8H2,1-5H3,(H2,16,17,18). The molecule has 0 fully saturated rings. The second-order valence-electron chi connectivity index (χ2n) is 6.08. The van der Waals surface area contributed by atoms with E-state index in [4.69, 9.17) is 0 Å². The molecule has 0 bridgehead atoms. The lowest BCUT2D eigenvalue weighted by atomic mass is 9.96. The fraction of sp³-hybridized carbons (Fsp3) is 0.500. The normalized spacial score (nSPS) is 11.5. The topological polar surface area (TPSA) is 73.9 Å². The van der Waals surface area contributed by atoms with Crippen LogP contribution in [0.15, 0.2) is 12.4 Å². The summed E-state index contributed by atoms with van der Waals surface area (Å²) in [5, 5.41) is 10.9. The number of amides is 1. The summed E-state index contributed by atoms with van der Waals surface area (Å²) in [7, 11) is 3.44. The van der Waals surface area contributed by atoms with Crippen LogP contribution in [0.5, 0.6) is 0 Å². The van der Waals surface area contributed by atoms with Crippen LogP contribution in [0.4, 0.5) is 5.82 Å². The number of carbonyl (C=O) groups is 1. The number of aromatic amines is 1. The molecule has 114 valence electrons. The predicted molar refractivity (Wildman–Crippen MR) is 84.7 cm³/mol. The van der Waals surface area contributed by atoms with Crippen LogP contribution in [0.2, 0.25) is 0 Å². The first-order chi connectivity index (χ1) is 9.79. The van der Waals surface area contributed by atoms with Gasteiger partial charge < -0.3 is 10.2 Å². The first-order valence-electron chi connectivity index (χ1n) is 6.73. The Morgan fingerprint density at radius 3 is 2.67 bits per heavy atom. The van der Waals surface area contributed by atoms with Gasteiger partial charge in [0.05, 0.1) is 12.7 Å². The smallest absolute Gasteiger partial charge is 0.258 e. The van der Waals surface area contributed by atoms with Crippen molar-refractivity contribution in [2.75, 3.05) is 19.4 Å². The summed E-state index contributed by atoms with van der Waals surface area (Å²) in [6, 6.07) is 0. The molecule has 0 atom stereocenters. The number of carbonyl (C=O) groups excluding carboxylic acids is 1. The van der Waals surface area contributed by atoms with Gasteiger partial charge in [-0.3, -0.25) is 9.89 Å². The Morgan fingerprint density at radius 2 is 2.10 bits per heavy atom. The molecule has 0 saturated carbocycles. The molecule has 0 aliphatic rings. The maximum atomic E-state index is 12.0. The maximum Gasteiger partial charge on any atom is 0.258 e.